The first-order valence-electron chi connectivity index (χ1n) is 24.6. The summed E-state index contributed by atoms with van der Waals surface area (Å²) in [5.41, 5.74) is 18.7. The molecule has 4 aliphatic rings. The molecule has 1 amide bonds. The van der Waals surface area contributed by atoms with Crippen LogP contribution in [0.5, 0.6) is 0 Å². The largest absolute Gasteiger partial charge is 0.446 e. The zero-order chi connectivity index (χ0) is 53.9. The van der Waals surface area contributed by atoms with Gasteiger partial charge in [0.25, 0.3) is 5.91 Å². The Balaban J connectivity index is 0.000000183. The number of carbonyl (C=O) groups is 4. The number of Topliss-reactive ketones (excluding diaryl/α,β-unsaturated/α-hetero) is 2. The van der Waals surface area contributed by atoms with Gasteiger partial charge in [-0.1, -0.05) is 12.1 Å². The molecule has 7 aromatic heterocycles. The standard InChI is InChI=1S/C26H29N9O3.C23H28N6O2.C2HF3O.ClH/c1-13(36)20-21(15-8-16-5-6-17(9-15)34(16)25(37)23-29-12-30-33-23)32-24-18(11-31-35(24)22(20)27)14-4-7-19(28-10-14)26(2,3)38;1-12(30)19-20(14-8-15-5-6-16(9-14)27-15)28-22-17(11-26-29(22)21(19)24)13-4-7-18(25-10-13)23(2,3)31;3-2(4,5)1-6;/h4,7,10-12,15-17,38H,5-6,8-9,27H2,1-3H3,(H,29,30,33);4,7,10-11,14-16,27,31H,5-6,8-9,24H2,1-3H3;1H;1H/t15?,16-,17+;14?,15-,16+;;. The van der Waals surface area contributed by atoms with Gasteiger partial charge in [-0.05, 0) is 105 Å². The molecule has 402 valence electrons. The summed E-state index contributed by atoms with van der Waals surface area (Å²) in [6.07, 6.45) is 9.76. The number of rotatable bonds is 9. The van der Waals surface area contributed by atoms with E-state index in [-0.39, 0.29) is 65.4 Å². The third-order valence-electron chi connectivity index (χ3n) is 14.5. The molecule has 0 saturated carbocycles. The van der Waals surface area contributed by atoms with Gasteiger partial charge >= 0.3 is 6.18 Å². The van der Waals surface area contributed by atoms with Crippen molar-refractivity contribution in [2.45, 2.75) is 146 Å². The Labute approximate surface area is 439 Å². The van der Waals surface area contributed by atoms with E-state index in [2.05, 4.69) is 40.7 Å². The summed E-state index contributed by atoms with van der Waals surface area (Å²) in [6.45, 7) is 9.80. The minimum absolute atomic E-state index is 0. The highest BCUT2D eigenvalue weighted by atomic mass is 35.5. The lowest BCUT2D eigenvalue weighted by Crippen LogP contribution is -2.46. The number of nitrogens with zero attached hydrogens (tertiary/aromatic N) is 11. The number of hydrogen-bond donors (Lipinski definition) is 6. The number of ketones is 2. The van der Waals surface area contributed by atoms with Gasteiger partial charge in [-0.25, -0.2) is 15.0 Å². The van der Waals surface area contributed by atoms with E-state index in [0.29, 0.717) is 70.2 Å². The summed E-state index contributed by atoms with van der Waals surface area (Å²) in [5, 5.41) is 39.4. The van der Waals surface area contributed by atoms with Crippen molar-refractivity contribution in [2.24, 2.45) is 0 Å². The normalized spacial score (nSPS) is 21.1. The van der Waals surface area contributed by atoms with Gasteiger partial charge in [0.1, 0.15) is 29.2 Å². The SMILES string of the molecule is CC(=O)c1c(C2C[C@H]3CC[C@@H](C2)N3)nc2c(-c3ccc(C(C)(C)O)nc3)cnn2c1N.CC(=O)c1c(C2C[C@H]3CC[C@@H](C2)N3C(=O)c2ncn[nH]2)nc2c(-c3ccc(C(C)(C)O)nc3)cnn2c1N.Cl.O=CC(F)(F)F. The van der Waals surface area contributed by atoms with Crippen molar-refractivity contribution in [3.05, 3.63) is 95.1 Å². The molecule has 2 unspecified atom stereocenters. The van der Waals surface area contributed by atoms with Gasteiger partial charge in [0.2, 0.25) is 12.1 Å². The third kappa shape index (κ3) is 10.9. The zero-order valence-corrected chi connectivity index (χ0v) is 43.4. The van der Waals surface area contributed by atoms with Crippen molar-refractivity contribution in [2.75, 3.05) is 11.5 Å². The fourth-order valence-corrected chi connectivity index (χ4v) is 11.1. The molecule has 4 saturated heterocycles. The molecule has 76 heavy (non-hydrogen) atoms. The number of aliphatic hydroxyl groups is 2. The third-order valence-corrected chi connectivity index (χ3v) is 14.5. The number of fused-ring (bicyclic) bond motifs is 6. The van der Waals surface area contributed by atoms with Gasteiger partial charge < -0.3 is 31.9 Å². The van der Waals surface area contributed by atoms with Gasteiger partial charge in [0, 0.05) is 70.7 Å². The molecule has 0 spiro atoms. The van der Waals surface area contributed by atoms with Crippen molar-refractivity contribution < 1.29 is 42.6 Å². The monoisotopic (exact) mass is 1070 g/mol. The average Bonchev–Trinajstić information content (AvgIpc) is 4.23. The van der Waals surface area contributed by atoms with Crippen LogP contribution in [0.2, 0.25) is 0 Å². The van der Waals surface area contributed by atoms with Crippen LogP contribution in [0.15, 0.2) is 55.4 Å². The van der Waals surface area contributed by atoms with E-state index in [4.69, 9.17) is 26.2 Å². The number of piperidine rings is 2. The molecule has 0 aliphatic carbocycles. The van der Waals surface area contributed by atoms with Crippen LogP contribution in [0, 0.1) is 0 Å². The van der Waals surface area contributed by atoms with Crippen molar-refractivity contribution in [1.82, 2.24) is 64.6 Å². The van der Waals surface area contributed by atoms with Gasteiger partial charge in [0.15, 0.2) is 22.9 Å². The number of pyridine rings is 2. The van der Waals surface area contributed by atoms with E-state index in [1.54, 1.807) is 76.1 Å². The van der Waals surface area contributed by atoms with E-state index in [1.165, 1.54) is 30.6 Å². The Morgan fingerprint density at radius 2 is 1.12 bits per heavy atom. The summed E-state index contributed by atoms with van der Waals surface area (Å²) >= 11 is 0. The fourth-order valence-electron chi connectivity index (χ4n) is 11.1. The smallest absolute Gasteiger partial charge is 0.384 e. The molecular weight excluding hydrogens is 1010 g/mol. The molecule has 0 radical (unpaired) electrons. The van der Waals surface area contributed by atoms with E-state index < -0.39 is 23.7 Å². The Bertz CT molecular complexity index is 3270. The van der Waals surface area contributed by atoms with Crippen LogP contribution in [0.4, 0.5) is 24.8 Å². The quantitative estimate of drug-likeness (QED) is 0.0669. The van der Waals surface area contributed by atoms with Crippen molar-refractivity contribution >= 4 is 59.1 Å². The number of carbonyl (C=O) groups excluding carboxylic acids is 4. The number of halogens is 4. The van der Waals surface area contributed by atoms with Crippen molar-refractivity contribution in [1.29, 1.82) is 0 Å². The lowest BCUT2D eigenvalue weighted by Gasteiger charge is -2.38. The molecule has 11 rings (SSSR count). The van der Waals surface area contributed by atoms with Crippen molar-refractivity contribution in [3.8, 4) is 22.3 Å². The molecule has 4 aliphatic heterocycles. The van der Waals surface area contributed by atoms with Gasteiger partial charge in [-0.15, -0.1) is 12.4 Å². The van der Waals surface area contributed by atoms with Gasteiger partial charge in [-0.2, -0.15) is 37.5 Å². The Kier molecular flexibility index (Phi) is 15.2. The second-order valence-electron chi connectivity index (χ2n) is 20.8. The number of anilines is 2. The second kappa shape index (κ2) is 21.0. The highest BCUT2D eigenvalue weighted by molar-refractivity contribution is 6.01. The Morgan fingerprint density at radius 3 is 1.47 bits per heavy atom. The molecular formula is C51H59ClF3N15O6. The predicted molar refractivity (Wildman–Crippen MR) is 274 cm³/mol. The number of aldehydes is 1. The van der Waals surface area contributed by atoms with Crippen molar-refractivity contribution in [3.63, 3.8) is 0 Å². The topological polar surface area (TPSA) is 304 Å². The molecule has 11 heterocycles. The molecule has 25 heteroatoms. The number of nitrogens with one attached hydrogen (secondary N) is 2. The summed E-state index contributed by atoms with van der Waals surface area (Å²) in [7, 11) is 0. The Morgan fingerprint density at radius 1 is 0.684 bits per heavy atom. The highest BCUT2D eigenvalue weighted by Crippen LogP contribution is 2.45. The highest BCUT2D eigenvalue weighted by Gasteiger charge is 2.46. The van der Waals surface area contributed by atoms with E-state index in [9.17, 15) is 37.8 Å². The maximum absolute atomic E-state index is 13.1. The number of nitrogens with two attached hydrogens (primary N) is 2. The average molecular weight is 1070 g/mol. The number of amides is 1. The van der Waals surface area contributed by atoms with E-state index in [1.807, 2.05) is 17.0 Å². The molecule has 6 atom stereocenters. The molecule has 4 fully saturated rings. The lowest BCUT2D eigenvalue weighted by atomic mass is 9.85. The first kappa shape index (κ1) is 55.0. The lowest BCUT2D eigenvalue weighted by molar-refractivity contribution is -0.156. The summed E-state index contributed by atoms with van der Waals surface area (Å²) < 4.78 is 34.3. The molecule has 21 nitrogen and oxygen atoms in total. The minimum Gasteiger partial charge on any atom is -0.384 e. The van der Waals surface area contributed by atoms with Gasteiger partial charge in [-0.3, -0.25) is 34.2 Å². The summed E-state index contributed by atoms with van der Waals surface area (Å²) in [6, 6.07) is 8.32. The number of nitrogen functional groups attached to an aromatic ring is 2. The number of aromatic nitrogens is 11. The summed E-state index contributed by atoms with van der Waals surface area (Å²) in [4.78, 5) is 71.9. The number of aromatic amines is 1. The second-order valence-corrected chi connectivity index (χ2v) is 20.8. The van der Waals surface area contributed by atoms with E-state index in [0.717, 1.165) is 53.6 Å². The molecule has 0 aromatic carbocycles. The number of H-pyrrole nitrogens is 1. The zero-order valence-electron chi connectivity index (χ0n) is 42.5. The first-order chi connectivity index (χ1) is 35.4. The predicted octanol–water partition coefficient (Wildman–Crippen LogP) is 6.44. The van der Waals surface area contributed by atoms with Crippen LogP contribution in [0.25, 0.3) is 33.5 Å². The maximum atomic E-state index is 13.1. The van der Waals surface area contributed by atoms with Crippen LogP contribution in [-0.2, 0) is 16.0 Å². The molecule has 8 N–H and O–H groups in total. The summed E-state index contributed by atoms with van der Waals surface area (Å²) in [5.74, 6) is 0.570. The van der Waals surface area contributed by atoms with Crippen LogP contribution in [0.3, 0.4) is 0 Å². The first-order valence-corrected chi connectivity index (χ1v) is 24.6. The molecule has 7 aromatic rings. The number of alkyl halides is 3. The van der Waals surface area contributed by atoms with Crippen LogP contribution in [-0.4, -0.2) is 124 Å². The van der Waals surface area contributed by atoms with Crippen LogP contribution in [0.1, 0.15) is 159 Å². The van der Waals surface area contributed by atoms with Crippen LogP contribution >= 0.6 is 12.4 Å². The fraction of sp³-hybridized carbons (Fsp3) is 0.451. The maximum Gasteiger partial charge on any atom is 0.446 e. The minimum atomic E-state index is -4.64. The van der Waals surface area contributed by atoms with Gasteiger partial charge in [0.05, 0.1) is 46.3 Å². The number of hydrogen-bond acceptors (Lipinski definition) is 17. The Hall–Kier alpha value is -7.28. The van der Waals surface area contributed by atoms with Crippen LogP contribution < -0.4 is 16.8 Å². The van der Waals surface area contributed by atoms with E-state index >= 15 is 0 Å². The molecule has 4 bridgehead atoms.